The molecular formula is C15H17ClN4O6S. The van der Waals surface area contributed by atoms with E-state index in [9.17, 15) is 23.3 Å². The third-order valence-electron chi connectivity index (χ3n) is 3.02. The van der Waals surface area contributed by atoms with Gasteiger partial charge < -0.3 is 15.8 Å². The predicted molar refractivity (Wildman–Crippen MR) is 103 cm³/mol. The standard InChI is InChI=1S/C15H16N4O6S.ClH/c1-26(23,24)18-12-7-11(17-15(20)9-16)13(19(21)22)8-14(12)25-10-5-3-2-4-6-10;/h2-8,18H,9,16H2,1H3,(H,17,20);1H. The van der Waals surface area contributed by atoms with E-state index < -0.39 is 33.1 Å². The summed E-state index contributed by atoms with van der Waals surface area (Å²) in [4.78, 5) is 22.1. The first kappa shape index (κ1) is 22.2. The van der Waals surface area contributed by atoms with Crippen LogP contribution in [-0.2, 0) is 14.8 Å². The van der Waals surface area contributed by atoms with Crippen LogP contribution in [0.15, 0.2) is 42.5 Å². The van der Waals surface area contributed by atoms with Gasteiger partial charge in [-0.1, -0.05) is 18.2 Å². The number of hydrogen-bond acceptors (Lipinski definition) is 7. The van der Waals surface area contributed by atoms with Crippen molar-refractivity contribution in [2.24, 2.45) is 5.73 Å². The lowest BCUT2D eigenvalue weighted by Crippen LogP contribution is -2.22. The maximum absolute atomic E-state index is 11.6. The van der Waals surface area contributed by atoms with Crippen LogP contribution >= 0.6 is 12.4 Å². The van der Waals surface area contributed by atoms with E-state index in [2.05, 4.69) is 10.0 Å². The summed E-state index contributed by atoms with van der Waals surface area (Å²) in [5.41, 5.74) is 4.44. The number of carbonyl (C=O) groups is 1. The Hall–Kier alpha value is -2.89. The highest BCUT2D eigenvalue weighted by Gasteiger charge is 2.22. The molecule has 0 atom stereocenters. The minimum Gasteiger partial charge on any atom is -0.455 e. The van der Waals surface area contributed by atoms with Crippen LogP contribution in [0.2, 0.25) is 0 Å². The normalized spacial score (nSPS) is 10.4. The summed E-state index contributed by atoms with van der Waals surface area (Å²) in [6.45, 7) is -0.395. The molecule has 0 aromatic heterocycles. The number of anilines is 2. The number of benzene rings is 2. The molecule has 12 heteroatoms. The molecular weight excluding hydrogens is 400 g/mol. The fourth-order valence-corrected chi connectivity index (χ4v) is 2.56. The Morgan fingerprint density at radius 1 is 1.22 bits per heavy atom. The smallest absolute Gasteiger partial charge is 0.296 e. The van der Waals surface area contributed by atoms with Gasteiger partial charge in [0.05, 0.1) is 29.5 Å². The summed E-state index contributed by atoms with van der Waals surface area (Å²) in [6, 6.07) is 10.4. The molecule has 2 aromatic rings. The third-order valence-corrected chi connectivity index (χ3v) is 3.61. The lowest BCUT2D eigenvalue weighted by Gasteiger charge is -2.14. The summed E-state index contributed by atoms with van der Waals surface area (Å²) in [5.74, 6) is -0.425. The molecule has 0 saturated heterocycles. The Morgan fingerprint density at radius 2 is 1.85 bits per heavy atom. The Morgan fingerprint density at radius 3 is 2.37 bits per heavy atom. The number of amides is 1. The Kier molecular flexibility index (Phi) is 7.52. The number of rotatable bonds is 7. The van der Waals surface area contributed by atoms with Crippen LogP contribution < -0.4 is 20.5 Å². The third kappa shape index (κ3) is 6.40. The lowest BCUT2D eigenvalue weighted by atomic mass is 10.2. The number of nitro benzene ring substituents is 1. The predicted octanol–water partition coefficient (Wildman–Crippen LogP) is 2.08. The average Bonchev–Trinajstić information content (AvgIpc) is 2.56. The van der Waals surface area contributed by atoms with Gasteiger partial charge in [0.1, 0.15) is 11.4 Å². The van der Waals surface area contributed by atoms with E-state index in [0.29, 0.717) is 5.75 Å². The van der Waals surface area contributed by atoms with Crippen molar-refractivity contribution in [1.29, 1.82) is 0 Å². The van der Waals surface area contributed by atoms with Gasteiger partial charge >= 0.3 is 0 Å². The van der Waals surface area contributed by atoms with Crippen LogP contribution in [0.4, 0.5) is 17.1 Å². The number of hydrogen-bond donors (Lipinski definition) is 3. The zero-order valence-electron chi connectivity index (χ0n) is 14.0. The van der Waals surface area contributed by atoms with E-state index in [1.54, 1.807) is 30.3 Å². The van der Waals surface area contributed by atoms with Crippen molar-refractivity contribution in [3.63, 3.8) is 0 Å². The molecule has 0 aliphatic rings. The molecule has 0 aliphatic carbocycles. The zero-order chi connectivity index (χ0) is 19.3. The van der Waals surface area contributed by atoms with Gasteiger partial charge in [0.15, 0.2) is 5.75 Å². The van der Waals surface area contributed by atoms with Crippen LogP contribution in [0.25, 0.3) is 0 Å². The highest BCUT2D eigenvalue weighted by molar-refractivity contribution is 7.92. The summed E-state index contributed by atoms with van der Waals surface area (Å²) in [5, 5.41) is 13.6. The van der Waals surface area contributed by atoms with Gasteiger partial charge in [-0.2, -0.15) is 0 Å². The molecule has 0 radical (unpaired) electrons. The molecule has 146 valence electrons. The molecule has 2 aromatic carbocycles. The molecule has 27 heavy (non-hydrogen) atoms. The Labute approximate surface area is 161 Å². The van der Waals surface area contributed by atoms with Crippen LogP contribution in [0.5, 0.6) is 11.5 Å². The first-order valence-corrected chi connectivity index (χ1v) is 9.12. The quantitative estimate of drug-likeness (QED) is 0.461. The lowest BCUT2D eigenvalue weighted by molar-refractivity contribution is -0.384. The average molecular weight is 417 g/mol. The van der Waals surface area contributed by atoms with E-state index in [1.165, 1.54) is 0 Å². The van der Waals surface area contributed by atoms with Crippen LogP contribution in [-0.4, -0.2) is 32.0 Å². The van der Waals surface area contributed by atoms with Crippen molar-refractivity contribution in [3.8, 4) is 11.5 Å². The number of para-hydroxylation sites is 1. The maximum Gasteiger partial charge on any atom is 0.296 e. The highest BCUT2D eigenvalue weighted by Crippen LogP contribution is 2.39. The van der Waals surface area contributed by atoms with Gasteiger partial charge in [-0.25, -0.2) is 8.42 Å². The van der Waals surface area contributed by atoms with Gasteiger partial charge in [0.25, 0.3) is 5.69 Å². The number of halogens is 1. The molecule has 0 unspecified atom stereocenters. The molecule has 0 fully saturated rings. The topological polar surface area (TPSA) is 154 Å². The fourth-order valence-electron chi connectivity index (χ4n) is 2.00. The number of ether oxygens (including phenoxy) is 1. The number of nitrogens with two attached hydrogens (primary N) is 1. The second-order valence-electron chi connectivity index (χ2n) is 5.16. The molecule has 0 spiro atoms. The fraction of sp³-hybridized carbons (Fsp3) is 0.133. The second kappa shape index (κ2) is 9.16. The molecule has 0 heterocycles. The summed E-state index contributed by atoms with van der Waals surface area (Å²) >= 11 is 0. The summed E-state index contributed by atoms with van der Waals surface area (Å²) in [7, 11) is -3.71. The van der Waals surface area contributed by atoms with E-state index in [1.807, 2.05) is 0 Å². The van der Waals surface area contributed by atoms with Crippen molar-refractivity contribution < 1.29 is 22.9 Å². The highest BCUT2D eigenvalue weighted by atomic mass is 35.5. The number of sulfonamides is 1. The number of nitrogens with one attached hydrogen (secondary N) is 2. The largest absolute Gasteiger partial charge is 0.455 e. The van der Waals surface area contributed by atoms with Gasteiger partial charge in [0, 0.05) is 0 Å². The van der Waals surface area contributed by atoms with Crippen molar-refractivity contribution in [2.75, 3.05) is 22.8 Å². The van der Waals surface area contributed by atoms with Crippen molar-refractivity contribution in [2.45, 2.75) is 0 Å². The van der Waals surface area contributed by atoms with E-state index >= 15 is 0 Å². The minimum atomic E-state index is -3.71. The molecule has 0 bridgehead atoms. The molecule has 0 saturated carbocycles. The maximum atomic E-state index is 11.6. The van der Waals surface area contributed by atoms with Crippen LogP contribution in [0.1, 0.15) is 0 Å². The van der Waals surface area contributed by atoms with Crippen LogP contribution in [0.3, 0.4) is 0 Å². The van der Waals surface area contributed by atoms with Crippen LogP contribution in [0, 0.1) is 10.1 Å². The van der Waals surface area contributed by atoms with Crippen molar-refractivity contribution in [3.05, 3.63) is 52.6 Å². The zero-order valence-corrected chi connectivity index (χ0v) is 15.7. The van der Waals surface area contributed by atoms with Gasteiger partial charge in [-0.15, -0.1) is 12.4 Å². The molecule has 10 nitrogen and oxygen atoms in total. The minimum absolute atomic E-state index is 0. The Bertz CT molecular complexity index is 937. The number of nitro groups is 1. The van der Waals surface area contributed by atoms with Crippen molar-refractivity contribution >= 4 is 45.4 Å². The number of nitrogens with zero attached hydrogens (tertiary/aromatic N) is 1. The van der Waals surface area contributed by atoms with Gasteiger partial charge in [-0.05, 0) is 18.2 Å². The molecule has 4 N–H and O–H groups in total. The molecule has 2 rings (SSSR count). The first-order valence-electron chi connectivity index (χ1n) is 7.22. The first-order chi connectivity index (χ1) is 12.2. The summed E-state index contributed by atoms with van der Waals surface area (Å²) in [6.07, 6.45) is 0.916. The second-order valence-corrected chi connectivity index (χ2v) is 6.91. The molecule has 1 amide bonds. The van der Waals surface area contributed by atoms with E-state index in [0.717, 1.165) is 18.4 Å². The monoisotopic (exact) mass is 416 g/mol. The van der Waals surface area contributed by atoms with Gasteiger partial charge in [0.2, 0.25) is 15.9 Å². The number of carbonyl (C=O) groups excluding carboxylic acids is 1. The van der Waals surface area contributed by atoms with E-state index in [-0.39, 0.29) is 29.5 Å². The molecule has 0 aliphatic heterocycles. The van der Waals surface area contributed by atoms with Gasteiger partial charge in [-0.3, -0.25) is 19.6 Å². The SMILES string of the molecule is CS(=O)(=O)Nc1cc(NC(=O)CN)c([N+](=O)[O-])cc1Oc1ccccc1.Cl. The van der Waals surface area contributed by atoms with E-state index in [4.69, 9.17) is 10.5 Å². The summed E-state index contributed by atoms with van der Waals surface area (Å²) < 4.78 is 31.0. The Balaban J connectivity index is 0.00000364. The van der Waals surface area contributed by atoms with Crippen molar-refractivity contribution in [1.82, 2.24) is 0 Å².